The van der Waals surface area contributed by atoms with Crippen molar-refractivity contribution in [2.75, 3.05) is 6.54 Å². The molecule has 2 atom stereocenters. The summed E-state index contributed by atoms with van der Waals surface area (Å²) in [6.45, 7) is 0.546. The van der Waals surface area contributed by atoms with Gasteiger partial charge in [-0.3, -0.25) is 4.79 Å². The highest BCUT2D eigenvalue weighted by atomic mass is 16.5. The molecule has 0 saturated heterocycles. The maximum Gasteiger partial charge on any atom is 0.223 e. The molecular weight excluding hydrogens is 220 g/mol. The Morgan fingerprint density at radius 1 is 1.59 bits per heavy atom. The molecule has 6 heteroatoms. The van der Waals surface area contributed by atoms with E-state index in [1.165, 1.54) is 6.39 Å². The molecule has 2 rings (SSSR count). The highest BCUT2D eigenvalue weighted by molar-refractivity contribution is 5.78. The number of nitrogens with one attached hydrogen (secondary N) is 1. The highest BCUT2D eigenvalue weighted by Crippen LogP contribution is 2.22. The van der Waals surface area contributed by atoms with Gasteiger partial charge in [0.1, 0.15) is 0 Å². The molecule has 2 unspecified atom stereocenters. The zero-order chi connectivity index (χ0) is 12.1. The average molecular weight is 238 g/mol. The van der Waals surface area contributed by atoms with Crippen LogP contribution in [0.3, 0.4) is 0 Å². The Balaban J connectivity index is 1.70. The summed E-state index contributed by atoms with van der Waals surface area (Å²) in [7, 11) is 0. The van der Waals surface area contributed by atoms with Crippen molar-refractivity contribution < 1.29 is 9.32 Å². The lowest BCUT2D eigenvalue weighted by atomic mass is 9.85. The third-order valence-electron chi connectivity index (χ3n) is 3.14. The van der Waals surface area contributed by atoms with E-state index in [9.17, 15) is 4.79 Å². The third kappa shape index (κ3) is 3.52. The Bertz CT molecular complexity index is 352. The van der Waals surface area contributed by atoms with Gasteiger partial charge in [-0.15, -0.1) is 0 Å². The number of aromatic nitrogens is 2. The van der Waals surface area contributed by atoms with E-state index in [2.05, 4.69) is 20.0 Å². The van der Waals surface area contributed by atoms with Gasteiger partial charge in [-0.2, -0.15) is 4.98 Å². The van der Waals surface area contributed by atoms with Crippen molar-refractivity contribution in [2.24, 2.45) is 11.7 Å². The first kappa shape index (κ1) is 12.0. The van der Waals surface area contributed by atoms with E-state index in [0.717, 1.165) is 25.7 Å². The van der Waals surface area contributed by atoms with Crippen molar-refractivity contribution in [3.05, 3.63) is 12.2 Å². The maximum atomic E-state index is 11.8. The van der Waals surface area contributed by atoms with Crippen LogP contribution >= 0.6 is 0 Å². The Labute approximate surface area is 99.9 Å². The zero-order valence-corrected chi connectivity index (χ0v) is 9.76. The van der Waals surface area contributed by atoms with Crippen molar-refractivity contribution in [3.8, 4) is 0 Å². The molecule has 0 aliphatic heterocycles. The van der Waals surface area contributed by atoms with Crippen LogP contribution in [-0.4, -0.2) is 28.6 Å². The first-order chi connectivity index (χ1) is 8.25. The molecule has 1 aromatic heterocycles. The van der Waals surface area contributed by atoms with Gasteiger partial charge in [0.25, 0.3) is 0 Å². The second kappa shape index (κ2) is 5.77. The molecular formula is C11H18N4O2. The summed E-state index contributed by atoms with van der Waals surface area (Å²) in [6.07, 6.45) is 5.71. The molecule has 6 nitrogen and oxygen atoms in total. The number of carbonyl (C=O) groups excluding carboxylic acids is 1. The van der Waals surface area contributed by atoms with E-state index in [0.29, 0.717) is 18.8 Å². The lowest BCUT2D eigenvalue weighted by molar-refractivity contribution is -0.126. The molecule has 1 fully saturated rings. The molecule has 0 aromatic carbocycles. The minimum atomic E-state index is 0.0732. The minimum Gasteiger partial charge on any atom is -0.355 e. The van der Waals surface area contributed by atoms with Gasteiger partial charge in [0.2, 0.25) is 12.3 Å². The SMILES string of the molecule is NC1CCCC(C(=O)NCCc2ncon2)C1. The van der Waals surface area contributed by atoms with Gasteiger partial charge in [-0.05, 0) is 19.3 Å². The summed E-state index contributed by atoms with van der Waals surface area (Å²) in [4.78, 5) is 15.7. The van der Waals surface area contributed by atoms with Crippen LogP contribution in [0.5, 0.6) is 0 Å². The van der Waals surface area contributed by atoms with Gasteiger partial charge in [0.05, 0.1) is 0 Å². The quantitative estimate of drug-likeness (QED) is 0.784. The number of amides is 1. The van der Waals surface area contributed by atoms with Gasteiger partial charge in [0, 0.05) is 24.9 Å². The van der Waals surface area contributed by atoms with E-state index in [1.54, 1.807) is 0 Å². The van der Waals surface area contributed by atoms with E-state index < -0.39 is 0 Å². The first-order valence-corrected chi connectivity index (χ1v) is 6.04. The Kier molecular flexibility index (Phi) is 4.08. The van der Waals surface area contributed by atoms with Gasteiger partial charge < -0.3 is 15.6 Å². The van der Waals surface area contributed by atoms with Crippen LogP contribution in [0.15, 0.2) is 10.9 Å². The number of nitrogens with zero attached hydrogens (tertiary/aromatic N) is 2. The molecule has 1 saturated carbocycles. The Hall–Kier alpha value is -1.43. The molecule has 0 bridgehead atoms. The van der Waals surface area contributed by atoms with Crippen molar-refractivity contribution >= 4 is 5.91 Å². The van der Waals surface area contributed by atoms with E-state index in [4.69, 9.17) is 5.73 Å². The van der Waals surface area contributed by atoms with Gasteiger partial charge in [0.15, 0.2) is 5.82 Å². The summed E-state index contributed by atoms with van der Waals surface area (Å²) >= 11 is 0. The molecule has 17 heavy (non-hydrogen) atoms. The number of nitrogens with two attached hydrogens (primary N) is 1. The predicted octanol–water partition coefficient (Wildman–Crippen LogP) is 0.246. The van der Waals surface area contributed by atoms with Gasteiger partial charge in [-0.1, -0.05) is 11.6 Å². The fourth-order valence-corrected chi connectivity index (χ4v) is 2.21. The normalized spacial score (nSPS) is 24.5. The van der Waals surface area contributed by atoms with Crippen LogP contribution in [0.4, 0.5) is 0 Å². The lowest BCUT2D eigenvalue weighted by Gasteiger charge is -2.25. The summed E-state index contributed by atoms with van der Waals surface area (Å²) in [5.41, 5.74) is 5.86. The molecule has 1 amide bonds. The number of rotatable bonds is 4. The van der Waals surface area contributed by atoms with Crippen molar-refractivity contribution in [2.45, 2.75) is 38.1 Å². The van der Waals surface area contributed by atoms with Crippen molar-refractivity contribution in [3.63, 3.8) is 0 Å². The van der Waals surface area contributed by atoms with E-state index >= 15 is 0 Å². The second-order valence-corrected chi connectivity index (χ2v) is 4.51. The number of hydrogen-bond acceptors (Lipinski definition) is 5. The molecule has 1 heterocycles. The molecule has 1 aromatic rings. The molecule has 1 aliphatic carbocycles. The first-order valence-electron chi connectivity index (χ1n) is 6.04. The molecule has 1 aliphatic rings. The summed E-state index contributed by atoms with van der Waals surface area (Å²) < 4.78 is 4.61. The smallest absolute Gasteiger partial charge is 0.223 e. The van der Waals surface area contributed by atoms with Crippen LogP contribution in [0.25, 0.3) is 0 Å². The van der Waals surface area contributed by atoms with Gasteiger partial charge >= 0.3 is 0 Å². The fraction of sp³-hybridized carbons (Fsp3) is 0.727. The summed E-state index contributed by atoms with van der Waals surface area (Å²) in [5.74, 6) is 0.790. The van der Waals surface area contributed by atoms with E-state index in [1.807, 2.05) is 0 Å². The van der Waals surface area contributed by atoms with E-state index in [-0.39, 0.29) is 17.9 Å². The van der Waals surface area contributed by atoms with Crippen LogP contribution < -0.4 is 11.1 Å². The number of carbonyl (C=O) groups is 1. The van der Waals surface area contributed by atoms with Crippen LogP contribution in [-0.2, 0) is 11.2 Å². The monoisotopic (exact) mass is 238 g/mol. The second-order valence-electron chi connectivity index (χ2n) is 4.51. The summed E-state index contributed by atoms with van der Waals surface area (Å²) in [5, 5.41) is 6.58. The number of hydrogen-bond donors (Lipinski definition) is 2. The lowest BCUT2D eigenvalue weighted by Crippen LogP contribution is -2.38. The predicted molar refractivity (Wildman–Crippen MR) is 60.9 cm³/mol. The minimum absolute atomic E-state index is 0.0732. The van der Waals surface area contributed by atoms with Crippen LogP contribution in [0, 0.1) is 5.92 Å². The maximum absolute atomic E-state index is 11.8. The van der Waals surface area contributed by atoms with Crippen LogP contribution in [0.1, 0.15) is 31.5 Å². The van der Waals surface area contributed by atoms with Crippen molar-refractivity contribution in [1.29, 1.82) is 0 Å². The molecule has 0 spiro atoms. The van der Waals surface area contributed by atoms with Crippen LogP contribution in [0.2, 0.25) is 0 Å². The van der Waals surface area contributed by atoms with Gasteiger partial charge in [-0.25, -0.2) is 0 Å². The average Bonchev–Trinajstić information content (AvgIpc) is 2.82. The zero-order valence-electron chi connectivity index (χ0n) is 9.76. The Morgan fingerprint density at radius 3 is 3.18 bits per heavy atom. The largest absolute Gasteiger partial charge is 0.355 e. The highest BCUT2D eigenvalue weighted by Gasteiger charge is 2.24. The summed E-state index contributed by atoms with van der Waals surface area (Å²) in [6, 6.07) is 0.178. The third-order valence-corrected chi connectivity index (χ3v) is 3.14. The fourth-order valence-electron chi connectivity index (χ4n) is 2.21. The topological polar surface area (TPSA) is 94.0 Å². The Morgan fingerprint density at radius 2 is 2.47 bits per heavy atom. The molecule has 94 valence electrons. The van der Waals surface area contributed by atoms with Crippen molar-refractivity contribution in [1.82, 2.24) is 15.5 Å². The standard InChI is InChI=1S/C11H18N4O2/c12-9-3-1-2-8(6-9)11(16)13-5-4-10-14-7-17-15-10/h7-9H,1-6,12H2,(H,13,16). The molecule has 3 N–H and O–H groups in total. The molecule has 0 radical (unpaired) electrons.